The van der Waals surface area contributed by atoms with Crippen LogP contribution in [0.25, 0.3) is 0 Å². The Labute approximate surface area is 60.9 Å². The van der Waals surface area contributed by atoms with Gasteiger partial charge in [-0.25, -0.2) is 0 Å². The van der Waals surface area contributed by atoms with Gasteiger partial charge in [-0.05, 0) is 21.0 Å². The van der Waals surface area contributed by atoms with E-state index in [-0.39, 0.29) is 11.4 Å². The molecule has 1 atom stereocenters. The van der Waals surface area contributed by atoms with Crippen molar-refractivity contribution in [3.05, 3.63) is 0 Å². The number of hydrogen-bond acceptors (Lipinski definition) is 2. The van der Waals surface area contributed by atoms with Crippen LogP contribution in [0, 0.1) is 0 Å². The minimum Gasteiger partial charge on any atom is -0.326 e. The number of nitrogens with zero attached hydrogens (tertiary/aromatic N) is 1. The van der Waals surface area contributed by atoms with Gasteiger partial charge >= 0.3 is 0 Å². The third kappa shape index (κ3) is 3.78. The van der Waals surface area contributed by atoms with E-state index in [1.54, 1.807) is 0 Å². The Kier molecular flexibility index (Phi) is 5.24. The molecule has 0 amide bonds. The van der Waals surface area contributed by atoms with Crippen LogP contribution >= 0.6 is 11.4 Å². The Balaban J connectivity index is 3.41. The van der Waals surface area contributed by atoms with Gasteiger partial charge in [-0.2, -0.15) is 0 Å². The quantitative estimate of drug-likeness (QED) is 0.610. The SMILES string of the molecule is CCO[SH](CC)N(C)C. The summed E-state index contributed by atoms with van der Waals surface area (Å²) in [6.45, 7) is 5.02. The van der Waals surface area contributed by atoms with Gasteiger partial charge in [0.15, 0.2) is 0 Å². The van der Waals surface area contributed by atoms with Crippen LogP contribution in [0.4, 0.5) is 0 Å². The Morgan fingerprint density at radius 3 is 2.00 bits per heavy atom. The summed E-state index contributed by atoms with van der Waals surface area (Å²) in [5.74, 6) is 1.12. The van der Waals surface area contributed by atoms with Crippen LogP contribution in [-0.4, -0.2) is 30.8 Å². The maximum absolute atomic E-state index is 5.44. The lowest BCUT2D eigenvalue weighted by atomic mass is 10.9. The van der Waals surface area contributed by atoms with Crippen LogP contribution in [0.2, 0.25) is 0 Å². The number of rotatable bonds is 4. The Morgan fingerprint density at radius 1 is 1.33 bits per heavy atom. The summed E-state index contributed by atoms with van der Waals surface area (Å²) in [5.41, 5.74) is 0. The van der Waals surface area contributed by atoms with E-state index in [0.29, 0.717) is 0 Å². The van der Waals surface area contributed by atoms with Crippen molar-refractivity contribution in [2.75, 3.05) is 26.5 Å². The van der Waals surface area contributed by atoms with Crippen LogP contribution in [-0.2, 0) is 4.18 Å². The van der Waals surface area contributed by atoms with Gasteiger partial charge in [-0.1, -0.05) is 18.3 Å². The summed E-state index contributed by atoms with van der Waals surface area (Å²) in [4.78, 5) is 0. The van der Waals surface area contributed by atoms with Gasteiger partial charge in [0.05, 0.1) is 6.61 Å². The molecule has 0 bridgehead atoms. The molecule has 0 aromatic carbocycles. The summed E-state index contributed by atoms with van der Waals surface area (Å²) in [5, 5.41) is 0. The van der Waals surface area contributed by atoms with Crippen LogP contribution < -0.4 is 0 Å². The molecule has 0 fully saturated rings. The third-order valence-corrected chi connectivity index (χ3v) is 2.98. The minimum absolute atomic E-state index is 0.284. The van der Waals surface area contributed by atoms with Crippen molar-refractivity contribution in [2.24, 2.45) is 0 Å². The van der Waals surface area contributed by atoms with Crippen molar-refractivity contribution in [3.63, 3.8) is 0 Å². The Morgan fingerprint density at radius 2 is 1.89 bits per heavy atom. The molecule has 0 aliphatic carbocycles. The molecule has 0 aromatic heterocycles. The molecule has 0 rings (SSSR count). The Bertz CT molecular complexity index is 68.1. The summed E-state index contributed by atoms with van der Waals surface area (Å²) in [6, 6.07) is 0. The zero-order valence-corrected chi connectivity index (χ0v) is 7.61. The molecule has 0 spiro atoms. The minimum atomic E-state index is -0.284. The average molecular weight is 151 g/mol. The van der Waals surface area contributed by atoms with Gasteiger partial charge in [-0.15, -0.1) is 0 Å². The van der Waals surface area contributed by atoms with Gasteiger partial charge in [0, 0.05) is 5.75 Å². The van der Waals surface area contributed by atoms with E-state index >= 15 is 0 Å². The van der Waals surface area contributed by atoms with E-state index in [9.17, 15) is 0 Å². The van der Waals surface area contributed by atoms with Crippen molar-refractivity contribution in [2.45, 2.75) is 13.8 Å². The fourth-order valence-corrected chi connectivity index (χ4v) is 1.92. The average Bonchev–Trinajstić information content (AvgIpc) is 1.82. The van der Waals surface area contributed by atoms with Gasteiger partial charge in [0.1, 0.15) is 0 Å². The smallest absolute Gasteiger partial charge is 0.0576 e. The molecular formula is C6H17NOS. The summed E-state index contributed by atoms with van der Waals surface area (Å²) in [6.07, 6.45) is 0. The molecule has 0 heterocycles. The first-order valence-corrected chi connectivity index (χ1v) is 4.69. The highest BCUT2D eigenvalue weighted by Gasteiger charge is 2.00. The molecule has 0 radical (unpaired) electrons. The molecule has 1 unspecified atom stereocenters. The lowest BCUT2D eigenvalue weighted by Gasteiger charge is -2.26. The van der Waals surface area contributed by atoms with E-state index in [1.165, 1.54) is 0 Å². The fraction of sp³-hybridized carbons (Fsp3) is 1.00. The summed E-state index contributed by atoms with van der Waals surface area (Å²) >= 11 is -0.284. The standard InChI is InChI=1S/C6H17NOS/c1-5-8-9(6-2)7(3)4/h9H,5-6H2,1-4H3. The molecule has 9 heavy (non-hydrogen) atoms. The van der Waals surface area contributed by atoms with E-state index in [0.717, 1.165) is 12.4 Å². The van der Waals surface area contributed by atoms with Crippen LogP contribution in [0.1, 0.15) is 13.8 Å². The number of hydrogen-bond donors (Lipinski definition) is 1. The van der Waals surface area contributed by atoms with Crippen molar-refractivity contribution in [1.82, 2.24) is 4.31 Å². The largest absolute Gasteiger partial charge is 0.326 e. The molecule has 58 valence electrons. The summed E-state index contributed by atoms with van der Waals surface area (Å²) < 4.78 is 7.59. The zero-order valence-electron chi connectivity index (χ0n) is 6.72. The second-order valence-electron chi connectivity index (χ2n) is 1.93. The van der Waals surface area contributed by atoms with Crippen molar-refractivity contribution in [1.29, 1.82) is 0 Å². The predicted molar refractivity (Wildman–Crippen MR) is 44.8 cm³/mol. The monoisotopic (exact) mass is 151 g/mol. The van der Waals surface area contributed by atoms with Crippen LogP contribution in [0.15, 0.2) is 0 Å². The van der Waals surface area contributed by atoms with E-state index in [2.05, 4.69) is 25.3 Å². The van der Waals surface area contributed by atoms with Crippen LogP contribution in [0.3, 0.4) is 0 Å². The van der Waals surface area contributed by atoms with E-state index < -0.39 is 0 Å². The fourth-order valence-electron chi connectivity index (χ4n) is 0.639. The highest BCUT2D eigenvalue weighted by Crippen LogP contribution is 2.27. The zero-order chi connectivity index (χ0) is 7.28. The van der Waals surface area contributed by atoms with Crippen molar-refractivity contribution < 1.29 is 4.18 Å². The number of thiol groups is 1. The van der Waals surface area contributed by atoms with Crippen molar-refractivity contribution in [3.8, 4) is 0 Å². The van der Waals surface area contributed by atoms with E-state index in [4.69, 9.17) is 4.18 Å². The predicted octanol–water partition coefficient (Wildman–Crippen LogP) is 1.44. The highest BCUT2D eigenvalue weighted by molar-refractivity contribution is 8.10. The molecule has 0 aliphatic rings. The molecule has 3 heteroatoms. The highest BCUT2D eigenvalue weighted by atomic mass is 32.2. The van der Waals surface area contributed by atoms with Gasteiger partial charge < -0.3 is 4.18 Å². The third-order valence-electron chi connectivity index (χ3n) is 0.995. The molecule has 0 aliphatic heterocycles. The molecule has 0 saturated heterocycles. The van der Waals surface area contributed by atoms with Crippen LogP contribution in [0.5, 0.6) is 0 Å². The molecule has 2 nitrogen and oxygen atoms in total. The van der Waals surface area contributed by atoms with Gasteiger partial charge in [0.25, 0.3) is 0 Å². The van der Waals surface area contributed by atoms with Gasteiger partial charge in [-0.3, -0.25) is 4.31 Å². The lowest BCUT2D eigenvalue weighted by molar-refractivity contribution is 0.369. The van der Waals surface area contributed by atoms with Crippen molar-refractivity contribution >= 4 is 11.4 Å². The Hall–Kier alpha value is 0.270. The maximum atomic E-state index is 5.44. The molecule has 0 saturated carbocycles. The topological polar surface area (TPSA) is 12.5 Å². The summed E-state index contributed by atoms with van der Waals surface area (Å²) in [7, 11) is 4.12. The molecular weight excluding hydrogens is 134 g/mol. The normalized spacial score (nSPS) is 16.3. The second-order valence-corrected chi connectivity index (χ2v) is 4.33. The first kappa shape index (κ1) is 9.27. The maximum Gasteiger partial charge on any atom is 0.0576 e. The van der Waals surface area contributed by atoms with E-state index in [1.807, 2.05) is 6.92 Å². The first-order chi connectivity index (χ1) is 4.22. The second kappa shape index (κ2) is 5.09. The lowest BCUT2D eigenvalue weighted by Crippen LogP contribution is -2.11. The molecule has 0 aromatic rings. The molecule has 0 N–H and O–H groups in total. The first-order valence-electron chi connectivity index (χ1n) is 3.30. The van der Waals surface area contributed by atoms with Gasteiger partial charge in [0.2, 0.25) is 0 Å².